The van der Waals surface area contributed by atoms with Crippen LogP contribution in [0.15, 0.2) is 18.6 Å². The summed E-state index contributed by atoms with van der Waals surface area (Å²) in [5.41, 5.74) is 0.748. The Kier molecular flexibility index (Phi) is 5.61. The lowest BCUT2D eigenvalue weighted by Crippen LogP contribution is -2.44. The standard InChI is InChI=1S/C16H22F3N5O2S/c1-24(15-13-6-8-20-14(13)21-10-22-15)12-4-2-11(3-5-12)23-27(25,26)9-7-16(17,18)19/h6,8,10-12,23H,2-5,7,9H2,1H3,(H,20,21,22). The van der Waals surface area contributed by atoms with E-state index in [-0.39, 0.29) is 12.1 Å². The lowest BCUT2D eigenvalue weighted by atomic mass is 9.91. The third-order valence-corrected chi connectivity index (χ3v) is 6.35. The second-order valence-electron chi connectivity index (χ2n) is 6.86. The van der Waals surface area contributed by atoms with E-state index >= 15 is 0 Å². The first kappa shape index (κ1) is 19.9. The molecule has 1 saturated carbocycles. The second-order valence-corrected chi connectivity index (χ2v) is 8.73. The highest BCUT2D eigenvalue weighted by molar-refractivity contribution is 7.89. The highest BCUT2D eigenvalue weighted by atomic mass is 32.2. The van der Waals surface area contributed by atoms with Crippen molar-refractivity contribution in [3.8, 4) is 0 Å². The lowest BCUT2D eigenvalue weighted by molar-refractivity contribution is -0.130. The molecule has 1 aliphatic rings. The molecule has 0 radical (unpaired) electrons. The van der Waals surface area contributed by atoms with Gasteiger partial charge in [-0.2, -0.15) is 13.2 Å². The average molecular weight is 405 g/mol. The SMILES string of the molecule is CN(c1ncnc2[nH]ccc12)C1CCC(NS(=O)(=O)CCC(F)(F)F)CC1. The summed E-state index contributed by atoms with van der Waals surface area (Å²) in [4.78, 5) is 13.6. The fourth-order valence-electron chi connectivity index (χ4n) is 3.46. The number of anilines is 1. The van der Waals surface area contributed by atoms with Gasteiger partial charge in [0.2, 0.25) is 10.0 Å². The summed E-state index contributed by atoms with van der Waals surface area (Å²) in [5.74, 6) is -0.126. The molecule has 2 N–H and O–H groups in total. The summed E-state index contributed by atoms with van der Waals surface area (Å²) in [6, 6.07) is 1.75. The summed E-state index contributed by atoms with van der Waals surface area (Å²) in [5, 5.41) is 0.912. The van der Waals surface area contributed by atoms with Crippen molar-refractivity contribution in [2.24, 2.45) is 0 Å². The van der Waals surface area contributed by atoms with E-state index in [0.29, 0.717) is 12.8 Å². The van der Waals surface area contributed by atoms with Crippen LogP contribution in [0, 0.1) is 0 Å². The van der Waals surface area contributed by atoms with Crippen molar-refractivity contribution in [3.63, 3.8) is 0 Å². The quantitative estimate of drug-likeness (QED) is 0.771. The molecule has 0 saturated heterocycles. The predicted octanol–water partition coefficient (Wildman–Crippen LogP) is 2.58. The van der Waals surface area contributed by atoms with Crippen molar-refractivity contribution in [3.05, 3.63) is 18.6 Å². The van der Waals surface area contributed by atoms with Crippen LogP contribution in [0.3, 0.4) is 0 Å². The van der Waals surface area contributed by atoms with Crippen molar-refractivity contribution in [1.29, 1.82) is 0 Å². The van der Waals surface area contributed by atoms with E-state index in [1.54, 1.807) is 6.20 Å². The molecule has 7 nitrogen and oxygen atoms in total. The number of nitrogens with zero attached hydrogens (tertiary/aromatic N) is 3. The van der Waals surface area contributed by atoms with Gasteiger partial charge in [-0.15, -0.1) is 0 Å². The Labute approximate surface area is 155 Å². The van der Waals surface area contributed by atoms with E-state index in [2.05, 4.69) is 24.6 Å². The minimum absolute atomic E-state index is 0.175. The number of H-pyrrole nitrogens is 1. The van der Waals surface area contributed by atoms with Crippen LogP contribution in [0.5, 0.6) is 0 Å². The van der Waals surface area contributed by atoms with Gasteiger partial charge in [0, 0.05) is 25.3 Å². The van der Waals surface area contributed by atoms with Gasteiger partial charge < -0.3 is 9.88 Å². The molecule has 0 atom stereocenters. The highest BCUT2D eigenvalue weighted by Gasteiger charge is 2.32. The molecule has 11 heteroatoms. The zero-order valence-electron chi connectivity index (χ0n) is 14.8. The van der Waals surface area contributed by atoms with E-state index in [9.17, 15) is 21.6 Å². The number of alkyl halides is 3. The number of sulfonamides is 1. The summed E-state index contributed by atoms with van der Waals surface area (Å²) in [7, 11) is -2.00. The summed E-state index contributed by atoms with van der Waals surface area (Å²) in [6.07, 6.45) is 0.0619. The summed E-state index contributed by atoms with van der Waals surface area (Å²) >= 11 is 0. The number of hydrogen-bond donors (Lipinski definition) is 2. The molecule has 0 spiro atoms. The first-order chi connectivity index (χ1) is 12.6. The van der Waals surface area contributed by atoms with Crippen LogP contribution >= 0.6 is 0 Å². The number of halogens is 3. The van der Waals surface area contributed by atoms with Crippen LogP contribution in [0.25, 0.3) is 11.0 Å². The van der Waals surface area contributed by atoms with Gasteiger partial charge in [-0.3, -0.25) is 0 Å². The Bertz CT molecular complexity index is 876. The van der Waals surface area contributed by atoms with E-state index in [1.807, 2.05) is 13.1 Å². The molecule has 2 aromatic rings. The Morgan fingerprint density at radius 1 is 1.26 bits per heavy atom. The zero-order valence-corrected chi connectivity index (χ0v) is 15.6. The first-order valence-electron chi connectivity index (χ1n) is 8.72. The third-order valence-electron chi connectivity index (χ3n) is 4.91. The molecule has 1 fully saturated rings. The van der Waals surface area contributed by atoms with Gasteiger partial charge in [-0.1, -0.05) is 0 Å². The van der Waals surface area contributed by atoms with Crippen molar-refractivity contribution in [2.75, 3.05) is 17.7 Å². The number of hydrogen-bond acceptors (Lipinski definition) is 5. The van der Waals surface area contributed by atoms with Crippen molar-refractivity contribution >= 4 is 26.9 Å². The van der Waals surface area contributed by atoms with Crippen LogP contribution in [-0.4, -0.2) is 54.4 Å². The monoisotopic (exact) mass is 405 g/mol. The van der Waals surface area contributed by atoms with Gasteiger partial charge >= 0.3 is 6.18 Å². The minimum Gasteiger partial charge on any atom is -0.356 e. The molecule has 0 unspecified atom stereocenters. The number of aromatic nitrogens is 3. The van der Waals surface area contributed by atoms with Crippen molar-refractivity contribution in [1.82, 2.24) is 19.7 Å². The van der Waals surface area contributed by atoms with E-state index in [1.165, 1.54) is 6.33 Å². The first-order valence-corrected chi connectivity index (χ1v) is 10.4. The van der Waals surface area contributed by atoms with Gasteiger partial charge in [-0.25, -0.2) is 23.1 Å². The van der Waals surface area contributed by atoms with Gasteiger partial charge in [0.1, 0.15) is 17.8 Å². The molecule has 2 aromatic heterocycles. The van der Waals surface area contributed by atoms with Crippen LogP contribution in [0.4, 0.5) is 19.0 Å². The molecule has 3 rings (SSSR count). The van der Waals surface area contributed by atoms with Gasteiger partial charge in [0.25, 0.3) is 0 Å². The van der Waals surface area contributed by atoms with E-state index in [0.717, 1.165) is 29.7 Å². The van der Waals surface area contributed by atoms with E-state index in [4.69, 9.17) is 0 Å². The smallest absolute Gasteiger partial charge is 0.356 e. The van der Waals surface area contributed by atoms with Gasteiger partial charge in [0.15, 0.2) is 0 Å². The molecule has 0 aliphatic heterocycles. The second kappa shape index (κ2) is 7.63. The molecule has 0 aromatic carbocycles. The largest absolute Gasteiger partial charge is 0.390 e. The lowest BCUT2D eigenvalue weighted by Gasteiger charge is -2.35. The number of fused-ring (bicyclic) bond motifs is 1. The highest BCUT2D eigenvalue weighted by Crippen LogP contribution is 2.29. The topological polar surface area (TPSA) is 91.0 Å². The minimum atomic E-state index is -4.48. The Balaban J connectivity index is 1.56. The molecule has 27 heavy (non-hydrogen) atoms. The number of aromatic amines is 1. The van der Waals surface area contributed by atoms with Gasteiger partial charge in [0.05, 0.1) is 17.6 Å². The van der Waals surface area contributed by atoms with Crippen molar-refractivity contribution < 1.29 is 21.6 Å². The molecule has 1 aliphatic carbocycles. The van der Waals surface area contributed by atoms with Crippen LogP contribution in [0.2, 0.25) is 0 Å². The fourth-order valence-corrected chi connectivity index (χ4v) is 4.82. The normalized spacial score (nSPS) is 21.5. The number of rotatable bonds is 6. The van der Waals surface area contributed by atoms with Crippen LogP contribution in [0.1, 0.15) is 32.1 Å². The molecular weight excluding hydrogens is 383 g/mol. The maximum absolute atomic E-state index is 12.2. The maximum atomic E-state index is 12.2. The third kappa shape index (κ3) is 5.10. The van der Waals surface area contributed by atoms with Crippen molar-refractivity contribution in [2.45, 2.75) is 50.4 Å². The molecule has 2 heterocycles. The predicted molar refractivity (Wildman–Crippen MR) is 95.9 cm³/mol. The summed E-state index contributed by atoms with van der Waals surface area (Å²) in [6.45, 7) is 0. The molecule has 0 amide bonds. The average Bonchev–Trinajstić information content (AvgIpc) is 3.08. The maximum Gasteiger partial charge on any atom is 0.390 e. The Hall–Kier alpha value is -1.88. The molecular formula is C16H22F3N5O2S. The van der Waals surface area contributed by atoms with E-state index < -0.39 is 28.4 Å². The summed E-state index contributed by atoms with van der Waals surface area (Å²) < 4.78 is 62.9. The molecule has 150 valence electrons. The Morgan fingerprint density at radius 3 is 2.63 bits per heavy atom. The van der Waals surface area contributed by atoms with Crippen LogP contribution < -0.4 is 9.62 Å². The van der Waals surface area contributed by atoms with Gasteiger partial charge in [-0.05, 0) is 31.7 Å². The van der Waals surface area contributed by atoms with Crippen LogP contribution in [-0.2, 0) is 10.0 Å². The molecule has 0 bridgehead atoms. The number of nitrogens with one attached hydrogen (secondary N) is 2. The fraction of sp³-hybridized carbons (Fsp3) is 0.625. The zero-order chi connectivity index (χ0) is 19.7. The Morgan fingerprint density at radius 2 is 1.96 bits per heavy atom.